The average molecular weight is 159 g/mol. The first kappa shape index (κ1) is 10.9. The Morgan fingerprint density at radius 1 is 1.18 bits per heavy atom. The zero-order valence-electron chi connectivity index (χ0n) is 8.42. The molecular weight excluding hydrogens is 138 g/mol. The highest BCUT2D eigenvalue weighted by Crippen LogP contribution is 2.06. The third-order valence-corrected chi connectivity index (χ3v) is 2.27. The first-order valence-electron chi connectivity index (χ1n) is 4.27. The molecule has 0 bridgehead atoms. The lowest BCUT2D eigenvalue weighted by molar-refractivity contribution is 0.102. The lowest BCUT2D eigenvalue weighted by atomic mass is 10.1. The van der Waals surface area contributed by atoms with Gasteiger partial charge in [-0.25, -0.2) is 0 Å². The van der Waals surface area contributed by atoms with Crippen molar-refractivity contribution < 1.29 is 4.74 Å². The van der Waals surface area contributed by atoms with E-state index in [0.29, 0.717) is 12.1 Å². The predicted octanol–water partition coefficient (Wildman–Crippen LogP) is 1.75. The van der Waals surface area contributed by atoms with Gasteiger partial charge in [0.05, 0.1) is 6.10 Å². The van der Waals surface area contributed by atoms with Gasteiger partial charge in [0.1, 0.15) is 0 Å². The van der Waals surface area contributed by atoms with E-state index in [-0.39, 0.29) is 0 Å². The monoisotopic (exact) mass is 159 g/mol. The van der Waals surface area contributed by atoms with Gasteiger partial charge >= 0.3 is 0 Å². The smallest absolute Gasteiger partial charge is 0.0543 e. The van der Waals surface area contributed by atoms with E-state index in [1.807, 2.05) is 0 Å². The van der Waals surface area contributed by atoms with E-state index < -0.39 is 0 Å². The first-order valence-corrected chi connectivity index (χ1v) is 4.27. The van der Waals surface area contributed by atoms with E-state index in [1.54, 1.807) is 7.11 Å². The van der Waals surface area contributed by atoms with Crippen LogP contribution >= 0.6 is 0 Å². The van der Waals surface area contributed by atoms with Crippen molar-refractivity contribution in [1.29, 1.82) is 0 Å². The molecule has 0 N–H and O–H groups in total. The Bertz CT molecular complexity index is 93.6. The van der Waals surface area contributed by atoms with Crippen LogP contribution in [0.25, 0.3) is 0 Å². The predicted molar refractivity (Wildman–Crippen MR) is 48.9 cm³/mol. The molecule has 11 heavy (non-hydrogen) atoms. The van der Waals surface area contributed by atoms with Crippen molar-refractivity contribution in [3.05, 3.63) is 0 Å². The largest absolute Gasteiger partial charge is 0.382 e. The molecule has 0 fully saturated rings. The van der Waals surface area contributed by atoms with Crippen LogP contribution in [0.5, 0.6) is 0 Å². The van der Waals surface area contributed by atoms with Gasteiger partial charge < -0.3 is 9.64 Å². The normalized spacial score (nSPS) is 16.9. The molecule has 0 aromatic carbocycles. The van der Waals surface area contributed by atoms with Crippen molar-refractivity contribution in [2.45, 2.75) is 38.8 Å². The molecule has 0 rings (SSSR count). The molecule has 2 heteroatoms. The minimum atomic E-state index is 0.400. The summed E-state index contributed by atoms with van der Waals surface area (Å²) in [5.41, 5.74) is 0. The lowest BCUT2D eigenvalue weighted by Crippen LogP contribution is -2.25. The third-order valence-electron chi connectivity index (χ3n) is 2.27. The van der Waals surface area contributed by atoms with Crippen LogP contribution in [0, 0.1) is 0 Å². The van der Waals surface area contributed by atoms with Gasteiger partial charge in [0.15, 0.2) is 0 Å². The molecule has 0 aliphatic carbocycles. The Balaban J connectivity index is 3.37. The maximum absolute atomic E-state index is 5.16. The summed E-state index contributed by atoms with van der Waals surface area (Å²) in [6, 6.07) is 0.660. The van der Waals surface area contributed by atoms with Crippen LogP contribution in [0.2, 0.25) is 0 Å². The van der Waals surface area contributed by atoms with Gasteiger partial charge in [-0.1, -0.05) is 0 Å². The summed E-state index contributed by atoms with van der Waals surface area (Å²) >= 11 is 0. The topological polar surface area (TPSA) is 12.5 Å². The van der Waals surface area contributed by atoms with Crippen LogP contribution in [0.15, 0.2) is 0 Å². The molecule has 0 aromatic heterocycles. The highest BCUT2D eigenvalue weighted by atomic mass is 16.5. The Morgan fingerprint density at radius 2 is 1.73 bits per heavy atom. The molecule has 0 aliphatic rings. The number of hydrogen-bond acceptors (Lipinski definition) is 2. The molecule has 0 spiro atoms. The molecule has 2 atom stereocenters. The van der Waals surface area contributed by atoms with E-state index in [2.05, 4.69) is 32.8 Å². The van der Waals surface area contributed by atoms with Crippen LogP contribution in [-0.2, 0) is 4.74 Å². The van der Waals surface area contributed by atoms with E-state index >= 15 is 0 Å². The summed E-state index contributed by atoms with van der Waals surface area (Å²) in [5.74, 6) is 0. The minimum Gasteiger partial charge on any atom is -0.382 e. The fraction of sp³-hybridized carbons (Fsp3) is 1.00. The van der Waals surface area contributed by atoms with Gasteiger partial charge in [-0.2, -0.15) is 0 Å². The number of ether oxygens (including phenoxy) is 1. The molecule has 0 saturated carbocycles. The molecule has 1 unspecified atom stereocenters. The Morgan fingerprint density at radius 3 is 2.09 bits per heavy atom. The number of hydrogen-bond donors (Lipinski definition) is 0. The lowest BCUT2D eigenvalue weighted by Gasteiger charge is -2.20. The SMILES string of the molecule is CO[C@@H](C)CCC(C)N(C)C. The van der Waals surface area contributed by atoms with E-state index in [4.69, 9.17) is 4.74 Å². The van der Waals surface area contributed by atoms with Gasteiger partial charge in [-0.3, -0.25) is 0 Å². The first-order chi connectivity index (χ1) is 5.07. The maximum Gasteiger partial charge on any atom is 0.0543 e. The second-order valence-electron chi connectivity index (χ2n) is 3.44. The number of methoxy groups -OCH3 is 1. The van der Waals surface area contributed by atoms with Gasteiger partial charge in [0.2, 0.25) is 0 Å². The van der Waals surface area contributed by atoms with Crippen molar-refractivity contribution in [1.82, 2.24) is 4.90 Å². The summed E-state index contributed by atoms with van der Waals surface area (Å²) in [4.78, 5) is 2.24. The fourth-order valence-electron chi connectivity index (χ4n) is 0.852. The molecule has 0 radical (unpaired) electrons. The van der Waals surface area contributed by atoms with Crippen molar-refractivity contribution >= 4 is 0 Å². The molecule has 0 aliphatic heterocycles. The zero-order chi connectivity index (χ0) is 8.85. The standard InChI is InChI=1S/C9H21NO/c1-8(10(3)4)6-7-9(2)11-5/h8-9H,6-7H2,1-5H3/t8?,9-/m0/s1. The molecule has 0 aromatic rings. The van der Waals surface area contributed by atoms with Gasteiger partial charge in [-0.05, 0) is 40.8 Å². The molecule has 0 amide bonds. The summed E-state index contributed by atoms with van der Waals surface area (Å²) in [6.45, 7) is 4.35. The average Bonchev–Trinajstić information content (AvgIpc) is 1.99. The fourth-order valence-corrected chi connectivity index (χ4v) is 0.852. The molecule has 2 nitrogen and oxygen atoms in total. The molecular formula is C9H21NO. The van der Waals surface area contributed by atoms with Gasteiger partial charge in [0.25, 0.3) is 0 Å². The third kappa shape index (κ3) is 5.22. The summed E-state index contributed by atoms with van der Waals surface area (Å²) < 4.78 is 5.16. The Labute approximate surface area is 70.5 Å². The Kier molecular flexibility index (Phi) is 5.51. The van der Waals surface area contributed by atoms with Crippen LogP contribution in [-0.4, -0.2) is 38.3 Å². The second-order valence-corrected chi connectivity index (χ2v) is 3.44. The number of rotatable bonds is 5. The summed E-state index contributed by atoms with van der Waals surface area (Å²) in [6.07, 6.45) is 2.76. The van der Waals surface area contributed by atoms with Crippen LogP contribution in [0.1, 0.15) is 26.7 Å². The molecule has 0 heterocycles. The summed E-state index contributed by atoms with van der Waals surface area (Å²) in [7, 11) is 6.00. The van der Waals surface area contributed by atoms with Gasteiger partial charge in [0, 0.05) is 13.2 Å². The highest BCUT2D eigenvalue weighted by Gasteiger charge is 2.06. The van der Waals surface area contributed by atoms with E-state index in [9.17, 15) is 0 Å². The van der Waals surface area contributed by atoms with Crippen LogP contribution < -0.4 is 0 Å². The van der Waals surface area contributed by atoms with Crippen LogP contribution in [0.3, 0.4) is 0 Å². The number of nitrogens with zero attached hydrogens (tertiary/aromatic N) is 1. The quantitative estimate of drug-likeness (QED) is 0.606. The highest BCUT2D eigenvalue weighted by molar-refractivity contribution is 4.61. The second kappa shape index (κ2) is 5.56. The van der Waals surface area contributed by atoms with E-state index in [0.717, 1.165) is 6.42 Å². The van der Waals surface area contributed by atoms with Gasteiger partial charge in [-0.15, -0.1) is 0 Å². The minimum absolute atomic E-state index is 0.400. The zero-order valence-corrected chi connectivity index (χ0v) is 8.42. The van der Waals surface area contributed by atoms with Crippen LogP contribution in [0.4, 0.5) is 0 Å². The Hall–Kier alpha value is -0.0800. The molecule has 0 saturated heterocycles. The van der Waals surface area contributed by atoms with Crippen molar-refractivity contribution in [2.75, 3.05) is 21.2 Å². The molecule has 68 valence electrons. The van der Waals surface area contributed by atoms with Crippen molar-refractivity contribution in [3.8, 4) is 0 Å². The summed E-state index contributed by atoms with van der Waals surface area (Å²) in [5, 5.41) is 0. The van der Waals surface area contributed by atoms with Crippen molar-refractivity contribution in [2.24, 2.45) is 0 Å². The van der Waals surface area contributed by atoms with Crippen molar-refractivity contribution in [3.63, 3.8) is 0 Å². The maximum atomic E-state index is 5.16. The van der Waals surface area contributed by atoms with E-state index in [1.165, 1.54) is 6.42 Å².